The van der Waals surface area contributed by atoms with E-state index in [0.29, 0.717) is 6.61 Å². The summed E-state index contributed by atoms with van der Waals surface area (Å²) in [6.07, 6.45) is 1.47. The SMILES string of the molecule is C=CC(OCC)c1ccc([N+](=O)[O-])cc1. The molecule has 0 aromatic heterocycles. The first-order valence-corrected chi connectivity index (χ1v) is 4.67. The monoisotopic (exact) mass is 207 g/mol. The van der Waals surface area contributed by atoms with Gasteiger partial charge in [0.1, 0.15) is 6.10 Å². The Morgan fingerprint density at radius 2 is 2.13 bits per heavy atom. The van der Waals surface area contributed by atoms with E-state index in [1.54, 1.807) is 18.2 Å². The summed E-state index contributed by atoms with van der Waals surface area (Å²) in [5, 5.41) is 10.4. The smallest absolute Gasteiger partial charge is 0.269 e. The summed E-state index contributed by atoms with van der Waals surface area (Å²) in [4.78, 5) is 10.0. The van der Waals surface area contributed by atoms with Gasteiger partial charge in [0.25, 0.3) is 5.69 Å². The molecule has 0 aliphatic heterocycles. The molecule has 0 saturated heterocycles. The zero-order valence-corrected chi connectivity index (χ0v) is 8.55. The molecule has 1 unspecified atom stereocenters. The molecule has 1 atom stereocenters. The summed E-state index contributed by atoms with van der Waals surface area (Å²) >= 11 is 0. The number of benzene rings is 1. The molecular formula is C11H13NO3. The van der Waals surface area contributed by atoms with E-state index < -0.39 is 4.92 Å². The first-order valence-electron chi connectivity index (χ1n) is 4.67. The minimum atomic E-state index is -0.423. The third-order valence-corrected chi connectivity index (χ3v) is 1.99. The van der Waals surface area contributed by atoms with Crippen LogP contribution in [0.25, 0.3) is 0 Å². The maximum Gasteiger partial charge on any atom is 0.269 e. The number of nitro groups is 1. The highest BCUT2D eigenvalue weighted by Crippen LogP contribution is 2.21. The zero-order valence-electron chi connectivity index (χ0n) is 8.55. The maximum atomic E-state index is 10.4. The van der Waals surface area contributed by atoms with E-state index >= 15 is 0 Å². The van der Waals surface area contributed by atoms with Crippen molar-refractivity contribution in [2.45, 2.75) is 13.0 Å². The lowest BCUT2D eigenvalue weighted by Crippen LogP contribution is -2.00. The summed E-state index contributed by atoms with van der Waals surface area (Å²) in [7, 11) is 0. The third-order valence-electron chi connectivity index (χ3n) is 1.99. The average molecular weight is 207 g/mol. The Hall–Kier alpha value is -1.68. The van der Waals surface area contributed by atoms with Crippen LogP contribution in [0.15, 0.2) is 36.9 Å². The molecule has 0 amide bonds. The number of non-ortho nitro benzene ring substituents is 1. The molecule has 0 bridgehead atoms. The molecule has 80 valence electrons. The Balaban J connectivity index is 2.86. The van der Waals surface area contributed by atoms with Gasteiger partial charge in [0, 0.05) is 18.7 Å². The molecule has 0 spiro atoms. The fourth-order valence-electron chi connectivity index (χ4n) is 1.27. The molecule has 0 N–H and O–H groups in total. The van der Waals surface area contributed by atoms with Gasteiger partial charge in [0.2, 0.25) is 0 Å². The highest BCUT2D eigenvalue weighted by molar-refractivity contribution is 5.34. The van der Waals surface area contributed by atoms with Crippen molar-refractivity contribution >= 4 is 5.69 Å². The van der Waals surface area contributed by atoms with Gasteiger partial charge in [-0.05, 0) is 24.6 Å². The molecule has 4 nitrogen and oxygen atoms in total. The van der Waals surface area contributed by atoms with Gasteiger partial charge in [-0.25, -0.2) is 0 Å². The first kappa shape index (κ1) is 11.4. The molecular weight excluding hydrogens is 194 g/mol. The second-order valence-corrected chi connectivity index (χ2v) is 2.96. The Labute approximate surface area is 88.3 Å². The second-order valence-electron chi connectivity index (χ2n) is 2.96. The summed E-state index contributed by atoms with van der Waals surface area (Å²) in [5.74, 6) is 0. The lowest BCUT2D eigenvalue weighted by atomic mass is 10.1. The van der Waals surface area contributed by atoms with Crippen molar-refractivity contribution in [2.75, 3.05) is 6.61 Å². The van der Waals surface area contributed by atoms with Crippen LogP contribution >= 0.6 is 0 Å². The van der Waals surface area contributed by atoms with E-state index in [4.69, 9.17) is 4.74 Å². The summed E-state index contributed by atoms with van der Waals surface area (Å²) in [6, 6.07) is 6.29. The van der Waals surface area contributed by atoms with Crippen molar-refractivity contribution in [2.24, 2.45) is 0 Å². The Kier molecular flexibility index (Phi) is 4.00. The molecule has 15 heavy (non-hydrogen) atoms. The van der Waals surface area contributed by atoms with Gasteiger partial charge in [-0.3, -0.25) is 10.1 Å². The van der Waals surface area contributed by atoms with Gasteiger partial charge in [0.05, 0.1) is 4.92 Å². The quantitative estimate of drug-likeness (QED) is 0.423. The van der Waals surface area contributed by atoms with E-state index in [9.17, 15) is 10.1 Å². The standard InChI is InChI=1S/C11H13NO3/c1-3-11(15-4-2)9-5-7-10(8-6-9)12(13)14/h3,5-8,11H,1,4H2,2H3. The van der Waals surface area contributed by atoms with Gasteiger partial charge in [0.15, 0.2) is 0 Å². The number of hydrogen-bond donors (Lipinski definition) is 0. The van der Waals surface area contributed by atoms with Crippen LogP contribution in [-0.4, -0.2) is 11.5 Å². The van der Waals surface area contributed by atoms with Crippen LogP contribution in [0, 0.1) is 10.1 Å². The predicted molar refractivity (Wildman–Crippen MR) is 57.7 cm³/mol. The Bertz CT molecular complexity index is 345. The molecule has 0 fully saturated rings. The molecule has 1 rings (SSSR count). The first-order chi connectivity index (χ1) is 7.19. The number of ether oxygens (including phenoxy) is 1. The van der Waals surface area contributed by atoms with Crippen LogP contribution in [0.2, 0.25) is 0 Å². The van der Waals surface area contributed by atoms with E-state index in [1.807, 2.05) is 6.92 Å². The van der Waals surface area contributed by atoms with Crippen molar-refractivity contribution in [1.29, 1.82) is 0 Å². The lowest BCUT2D eigenvalue weighted by Gasteiger charge is -2.12. The molecule has 0 aliphatic rings. The van der Waals surface area contributed by atoms with Crippen LogP contribution in [0.5, 0.6) is 0 Å². The zero-order chi connectivity index (χ0) is 11.3. The summed E-state index contributed by atoms with van der Waals surface area (Å²) in [6.45, 7) is 6.12. The highest BCUT2D eigenvalue weighted by atomic mass is 16.6. The molecule has 1 aromatic rings. The topological polar surface area (TPSA) is 52.4 Å². The highest BCUT2D eigenvalue weighted by Gasteiger charge is 2.09. The molecule has 0 radical (unpaired) electrons. The Morgan fingerprint density at radius 3 is 2.53 bits per heavy atom. The fourth-order valence-corrected chi connectivity index (χ4v) is 1.27. The maximum absolute atomic E-state index is 10.4. The van der Waals surface area contributed by atoms with Gasteiger partial charge in [-0.1, -0.05) is 6.08 Å². The number of hydrogen-bond acceptors (Lipinski definition) is 3. The van der Waals surface area contributed by atoms with Crippen molar-refractivity contribution in [3.8, 4) is 0 Å². The summed E-state index contributed by atoms with van der Waals surface area (Å²) < 4.78 is 5.39. The number of nitrogens with zero attached hydrogens (tertiary/aromatic N) is 1. The minimum Gasteiger partial charge on any atom is -0.370 e. The third kappa shape index (κ3) is 2.89. The van der Waals surface area contributed by atoms with Crippen LogP contribution in [0.4, 0.5) is 5.69 Å². The molecule has 0 aliphatic carbocycles. The van der Waals surface area contributed by atoms with Crippen molar-refractivity contribution in [1.82, 2.24) is 0 Å². The van der Waals surface area contributed by atoms with Crippen LogP contribution in [-0.2, 0) is 4.74 Å². The van der Waals surface area contributed by atoms with Crippen LogP contribution in [0.1, 0.15) is 18.6 Å². The molecule has 0 heterocycles. The van der Waals surface area contributed by atoms with E-state index in [1.165, 1.54) is 12.1 Å². The van der Waals surface area contributed by atoms with Gasteiger partial charge in [-0.15, -0.1) is 6.58 Å². The number of nitro benzene ring substituents is 1. The molecule has 4 heteroatoms. The predicted octanol–water partition coefficient (Wildman–Crippen LogP) is 2.86. The number of rotatable bonds is 5. The van der Waals surface area contributed by atoms with E-state index in [2.05, 4.69) is 6.58 Å². The van der Waals surface area contributed by atoms with Crippen molar-refractivity contribution in [3.63, 3.8) is 0 Å². The minimum absolute atomic E-state index is 0.0815. The molecule has 1 aromatic carbocycles. The van der Waals surface area contributed by atoms with Crippen LogP contribution < -0.4 is 0 Å². The normalized spacial score (nSPS) is 12.1. The van der Waals surface area contributed by atoms with E-state index in [-0.39, 0.29) is 11.8 Å². The molecule has 0 saturated carbocycles. The van der Waals surface area contributed by atoms with Crippen molar-refractivity contribution < 1.29 is 9.66 Å². The average Bonchev–Trinajstić information content (AvgIpc) is 2.26. The van der Waals surface area contributed by atoms with Gasteiger partial charge < -0.3 is 4.74 Å². The second kappa shape index (κ2) is 5.26. The van der Waals surface area contributed by atoms with Crippen LogP contribution in [0.3, 0.4) is 0 Å². The van der Waals surface area contributed by atoms with Gasteiger partial charge in [-0.2, -0.15) is 0 Å². The lowest BCUT2D eigenvalue weighted by molar-refractivity contribution is -0.384. The van der Waals surface area contributed by atoms with Crippen molar-refractivity contribution in [3.05, 3.63) is 52.6 Å². The Morgan fingerprint density at radius 1 is 1.53 bits per heavy atom. The van der Waals surface area contributed by atoms with E-state index in [0.717, 1.165) is 5.56 Å². The summed E-state index contributed by atoms with van der Waals surface area (Å²) in [5.41, 5.74) is 0.954. The largest absolute Gasteiger partial charge is 0.370 e. The fraction of sp³-hybridized carbons (Fsp3) is 0.273. The van der Waals surface area contributed by atoms with Gasteiger partial charge >= 0.3 is 0 Å².